The summed E-state index contributed by atoms with van der Waals surface area (Å²) in [5, 5.41) is 1.35. The molecule has 1 nitrogen and oxygen atoms in total. The maximum Gasteiger partial charge on any atom is 0.176 e. The molecule has 0 spiro atoms. The molecule has 0 aromatic heterocycles. The second-order valence-electron chi connectivity index (χ2n) is 5.18. The first kappa shape index (κ1) is 15.0. The van der Waals surface area contributed by atoms with Crippen molar-refractivity contribution in [1.82, 2.24) is 0 Å². The van der Waals surface area contributed by atoms with Gasteiger partial charge in [0.2, 0.25) is 0 Å². The lowest BCUT2D eigenvalue weighted by Crippen LogP contribution is -2.31. The summed E-state index contributed by atoms with van der Waals surface area (Å²) in [5.41, 5.74) is 2.18. The zero-order chi connectivity index (χ0) is 13.8. The minimum atomic E-state index is 0.132. The predicted molar refractivity (Wildman–Crippen MR) is 87.5 cm³/mol. The van der Waals surface area contributed by atoms with Crippen molar-refractivity contribution in [2.45, 2.75) is 49.4 Å². The number of Topliss-reactive ketones (excluding diaryl/α,β-unsaturated/α-hetero) is 1. The zero-order valence-corrected chi connectivity index (χ0v) is 13.5. The Labute approximate surface area is 124 Å². The molecule has 2 rings (SSSR count). The number of hydrogen-bond donors (Lipinski definition) is 0. The summed E-state index contributed by atoms with van der Waals surface area (Å²) in [6, 6.07) is 8.19. The second-order valence-corrected chi connectivity index (χ2v) is 8.18. The Morgan fingerprint density at radius 1 is 1.32 bits per heavy atom. The lowest BCUT2D eigenvalue weighted by Gasteiger charge is -2.30. The van der Waals surface area contributed by atoms with Crippen molar-refractivity contribution in [3.05, 3.63) is 35.4 Å². The smallest absolute Gasteiger partial charge is 0.176 e. The quantitative estimate of drug-likeness (QED) is 0.764. The Kier molecular flexibility index (Phi) is 5.40. The number of aryl methyl sites for hydroxylation is 1. The zero-order valence-electron chi connectivity index (χ0n) is 11.9. The van der Waals surface area contributed by atoms with Crippen LogP contribution in [0.2, 0.25) is 0 Å². The summed E-state index contributed by atoms with van der Waals surface area (Å²) >= 11 is 3.78. The highest BCUT2D eigenvalue weighted by atomic mass is 32.2. The Balaban J connectivity index is 2.09. The third-order valence-electron chi connectivity index (χ3n) is 3.59. The molecule has 3 heteroatoms. The predicted octanol–water partition coefficient (Wildman–Crippen LogP) is 4.45. The van der Waals surface area contributed by atoms with Crippen LogP contribution in [0.25, 0.3) is 0 Å². The number of ketones is 1. The average molecular weight is 294 g/mol. The van der Waals surface area contributed by atoms with Crippen LogP contribution < -0.4 is 0 Å². The molecule has 0 radical (unpaired) electrons. The first-order valence-corrected chi connectivity index (χ1v) is 9.01. The summed E-state index contributed by atoms with van der Waals surface area (Å²) in [6.07, 6.45) is 2.18. The number of carbonyl (C=O) groups is 1. The molecule has 104 valence electrons. The molecule has 0 bridgehead atoms. The van der Waals surface area contributed by atoms with E-state index < -0.39 is 0 Å². The Morgan fingerprint density at radius 2 is 2.11 bits per heavy atom. The van der Waals surface area contributed by atoms with Crippen LogP contribution in [-0.2, 0) is 6.42 Å². The van der Waals surface area contributed by atoms with Crippen molar-refractivity contribution < 1.29 is 4.79 Å². The van der Waals surface area contributed by atoms with E-state index in [1.807, 2.05) is 35.7 Å². The van der Waals surface area contributed by atoms with Gasteiger partial charge in [0.05, 0.1) is 5.25 Å². The Hall–Kier alpha value is -0.410. The van der Waals surface area contributed by atoms with Crippen LogP contribution >= 0.6 is 23.5 Å². The molecular weight excluding hydrogens is 272 g/mol. The van der Waals surface area contributed by atoms with Gasteiger partial charge in [-0.2, -0.15) is 11.8 Å². The molecule has 1 aromatic carbocycles. The Morgan fingerprint density at radius 3 is 2.79 bits per heavy atom. The highest BCUT2D eigenvalue weighted by Crippen LogP contribution is 2.37. The molecule has 1 aliphatic rings. The van der Waals surface area contributed by atoms with E-state index in [0.29, 0.717) is 16.3 Å². The van der Waals surface area contributed by atoms with Crippen molar-refractivity contribution >= 4 is 29.3 Å². The highest BCUT2D eigenvalue weighted by Gasteiger charge is 2.30. The first-order chi connectivity index (χ1) is 9.11. The third-order valence-corrected chi connectivity index (χ3v) is 6.98. The van der Waals surface area contributed by atoms with Gasteiger partial charge in [0, 0.05) is 21.8 Å². The van der Waals surface area contributed by atoms with Crippen LogP contribution in [0.3, 0.4) is 0 Å². The molecule has 0 aliphatic carbocycles. The average Bonchev–Trinajstić information content (AvgIpc) is 2.42. The van der Waals surface area contributed by atoms with Crippen LogP contribution in [-0.4, -0.2) is 27.3 Å². The molecular formula is C16H22OS2. The maximum atomic E-state index is 12.6. The number of benzene rings is 1. The van der Waals surface area contributed by atoms with E-state index in [9.17, 15) is 4.79 Å². The number of rotatable bonds is 4. The highest BCUT2D eigenvalue weighted by molar-refractivity contribution is 8.08. The SMILES string of the molecule is CCCc1cccc(C(=O)C2CSC(C)C(C)S2)c1. The van der Waals surface area contributed by atoms with Gasteiger partial charge in [-0.05, 0) is 18.1 Å². The van der Waals surface area contributed by atoms with Gasteiger partial charge >= 0.3 is 0 Å². The number of hydrogen-bond acceptors (Lipinski definition) is 3. The third kappa shape index (κ3) is 3.79. The molecule has 0 saturated carbocycles. The van der Waals surface area contributed by atoms with Crippen LogP contribution in [0.1, 0.15) is 43.1 Å². The van der Waals surface area contributed by atoms with Crippen LogP contribution in [0.4, 0.5) is 0 Å². The molecule has 19 heavy (non-hydrogen) atoms. The fourth-order valence-corrected chi connectivity index (χ4v) is 5.15. The largest absolute Gasteiger partial charge is 0.293 e. The minimum Gasteiger partial charge on any atom is -0.293 e. The van der Waals surface area contributed by atoms with Gasteiger partial charge in [-0.1, -0.05) is 45.4 Å². The summed E-state index contributed by atoms with van der Waals surface area (Å²) < 4.78 is 0. The van der Waals surface area contributed by atoms with E-state index in [-0.39, 0.29) is 5.25 Å². The van der Waals surface area contributed by atoms with E-state index in [1.54, 1.807) is 0 Å². The fraction of sp³-hybridized carbons (Fsp3) is 0.562. The standard InChI is InChI=1S/C16H22OS2/c1-4-6-13-7-5-8-14(9-13)16(17)15-10-18-11(2)12(3)19-15/h5,7-9,11-12,15H,4,6,10H2,1-3H3. The summed E-state index contributed by atoms with van der Waals surface area (Å²) in [6.45, 7) is 6.66. The van der Waals surface area contributed by atoms with Crippen molar-refractivity contribution in [2.24, 2.45) is 0 Å². The van der Waals surface area contributed by atoms with Gasteiger partial charge in [0.15, 0.2) is 5.78 Å². The van der Waals surface area contributed by atoms with Gasteiger partial charge < -0.3 is 0 Å². The fourth-order valence-electron chi connectivity index (χ4n) is 2.28. The first-order valence-electron chi connectivity index (χ1n) is 7.02. The normalized spacial score (nSPS) is 27.2. The lowest BCUT2D eigenvalue weighted by molar-refractivity contribution is 0.0994. The van der Waals surface area contributed by atoms with Crippen molar-refractivity contribution in [1.29, 1.82) is 0 Å². The van der Waals surface area contributed by atoms with Crippen LogP contribution in [0, 0.1) is 0 Å². The molecule has 1 fully saturated rings. The molecule has 3 atom stereocenters. The van der Waals surface area contributed by atoms with Crippen molar-refractivity contribution in [3.63, 3.8) is 0 Å². The summed E-state index contributed by atoms with van der Waals surface area (Å²) in [4.78, 5) is 12.6. The Bertz CT molecular complexity index is 444. The van der Waals surface area contributed by atoms with Crippen molar-refractivity contribution in [3.8, 4) is 0 Å². The van der Waals surface area contributed by atoms with E-state index in [0.717, 1.165) is 24.2 Å². The topological polar surface area (TPSA) is 17.1 Å². The summed E-state index contributed by atoms with van der Waals surface area (Å²) in [5.74, 6) is 1.27. The van der Waals surface area contributed by atoms with Gasteiger partial charge in [0.1, 0.15) is 0 Å². The van der Waals surface area contributed by atoms with Gasteiger partial charge in [-0.15, -0.1) is 11.8 Å². The molecule has 1 aliphatic heterocycles. The summed E-state index contributed by atoms with van der Waals surface area (Å²) in [7, 11) is 0. The minimum absolute atomic E-state index is 0.132. The van der Waals surface area contributed by atoms with E-state index >= 15 is 0 Å². The monoisotopic (exact) mass is 294 g/mol. The van der Waals surface area contributed by atoms with Crippen molar-refractivity contribution in [2.75, 3.05) is 5.75 Å². The van der Waals surface area contributed by atoms with E-state index in [2.05, 4.69) is 32.9 Å². The van der Waals surface area contributed by atoms with E-state index in [4.69, 9.17) is 0 Å². The number of carbonyl (C=O) groups excluding carboxylic acids is 1. The van der Waals surface area contributed by atoms with Crippen LogP contribution in [0.5, 0.6) is 0 Å². The van der Waals surface area contributed by atoms with Gasteiger partial charge in [-0.25, -0.2) is 0 Å². The van der Waals surface area contributed by atoms with Crippen LogP contribution in [0.15, 0.2) is 24.3 Å². The van der Waals surface area contributed by atoms with E-state index in [1.165, 1.54) is 5.56 Å². The molecule has 0 N–H and O–H groups in total. The molecule has 1 heterocycles. The van der Waals surface area contributed by atoms with Gasteiger partial charge in [0.25, 0.3) is 0 Å². The van der Waals surface area contributed by atoms with Gasteiger partial charge in [-0.3, -0.25) is 4.79 Å². The molecule has 1 aromatic rings. The lowest BCUT2D eigenvalue weighted by atomic mass is 10.0. The maximum absolute atomic E-state index is 12.6. The number of thioether (sulfide) groups is 2. The second kappa shape index (κ2) is 6.85. The molecule has 0 amide bonds. The molecule has 3 unspecified atom stereocenters. The molecule has 1 saturated heterocycles.